The van der Waals surface area contributed by atoms with Crippen molar-refractivity contribution in [2.45, 2.75) is 44.8 Å². The molecule has 1 fully saturated rings. The maximum Gasteiger partial charge on any atom is 0.416 e. The first kappa shape index (κ1) is 23.9. The van der Waals surface area contributed by atoms with Gasteiger partial charge in [0.2, 0.25) is 5.90 Å². The smallest absolute Gasteiger partial charge is 0.416 e. The van der Waals surface area contributed by atoms with Crippen LogP contribution in [0.3, 0.4) is 0 Å². The number of ether oxygens (including phenoxy) is 2. The molecule has 2 aromatic carbocycles. The molecule has 2 aromatic rings. The molecule has 0 saturated carbocycles. The fourth-order valence-corrected chi connectivity index (χ4v) is 3.86. The van der Waals surface area contributed by atoms with Gasteiger partial charge in [0.25, 0.3) is 0 Å². The van der Waals surface area contributed by atoms with Gasteiger partial charge in [-0.1, -0.05) is 30.3 Å². The number of aryl methyl sites for hydroxylation is 2. The van der Waals surface area contributed by atoms with Crippen LogP contribution in [0.5, 0.6) is 5.75 Å². The number of alkyl halides is 3. The van der Waals surface area contributed by atoms with E-state index in [0.717, 1.165) is 30.7 Å². The van der Waals surface area contributed by atoms with Crippen LogP contribution in [0.2, 0.25) is 0 Å². The maximum absolute atomic E-state index is 13.9. The lowest BCUT2D eigenvalue weighted by Gasteiger charge is -2.17. The van der Waals surface area contributed by atoms with Crippen molar-refractivity contribution >= 4 is 11.6 Å². The van der Waals surface area contributed by atoms with Gasteiger partial charge in [-0.15, -0.1) is 0 Å². The average Bonchev–Trinajstić information content (AvgIpc) is 3.33. The Labute approximate surface area is 187 Å². The monoisotopic (exact) mass is 446 g/mol. The number of rotatable bonds is 7. The van der Waals surface area contributed by atoms with Crippen LogP contribution < -0.4 is 10.1 Å². The Bertz CT molecular complexity index is 960. The van der Waals surface area contributed by atoms with Gasteiger partial charge in [-0.3, -0.25) is 0 Å². The van der Waals surface area contributed by atoms with E-state index in [0.29, 0.717) is 23.6 Å². The third-order valence-corrected chi connectivity index (χ3v) is 5.62. The Hall–Kier alpha value is -2.80. The van der Waals surface area contributed by atoms with Crippen molar-refractivity contribution in [3.05, 3.63) is 70.8 Å². The highest BCUT2D eigenvalue weighted by Crippen LogP contribution is 2.35. The second kappa shape index (κ2) is 10.7. The highest BCUT2D eigenvalue weighted by molar-refractivity contribution is 5.88. The predicted molar refractivity (Wildman–Crippen MR) is 121 cm³/mol. The van der Waals surface area contributed by atoms with Crippen LogP contribution in [0.1, 0.15) is 42.0 Å². The van der Waals surface area contributed by atoms with Crippen LogP contribution in [0.25, 0.3) is 5.70 Å². The molecule has 0 aliphatic carbocycles. The summed E-state index contributed by atoms with van der Waals surface area (Å²) in [6, 6.07) is 11.8. The molecule has 1 aliphatic heterocycles. The normalized spacial score (nSPS) is 17.5. The highest BCUT2D eigenvalue weighted by atomic mass is 19.4. The first-order chi connectivity index (χ1) is 15.4. The van der Waals surface area contributed by atoms with Crippen molar-refractivity contribution in [2.75, 3.05) is 20.8 Å². The number of nitrogens with one attached hydrogen (secondary N) is 1. The standard InChI is InChI=1S/C25H29F3N2O2/c1-4-22(30-24(32-3)23-6-5-15-29-23)19-12-11-18(21(16-19)25(26,27)28)10-7-17-8-13-20(31-2)14-9-17/h4,8-9,11-14,16,23,29H,5-7,10,15H2,1-3H3/b22-4-,30-24?. The number of allylic oxidation sites excluding steroid dienone is 1. The van der Waals surface area contributed by atoms with Crippen molar-refractivity contribution in [2.24, 2.45) is 4.99 Å². The summed E-state index contributed by atoms with van der Waals surface area (Å²) >= 11 is 0. The minimum Gasteiger partial charge on any atom is -0.497 e. The molecule has 0 spiro atoms. The van der Waals surface area contributed by atoms with Gasteiger partial charge >= 0.3 is 6.18 Å². The lowest BCUT2D eigenvalue weighted by atomic mass is 9.96. The van der Waals surface area contributed by atoms with Crippen LogP contribution in [0, 0.1) is 0 Å². The number of aliphatic imine (C=N–C) groups is 1. The van der Waals surface area contributed by atoms with Gasteiger partial charge in [0.15, 0.2) is 0 Å². The second-order valence-corrected chi connectivity index (χ2v) is 7.69. The lowest BCUT2D eigenvalue weighted by molar-refractivity contribution is -0.138. The van der Waals surface area contributed by atoms with E-state index in [2.05, 4.69) is 10.3 Å². The van der Waals surface area contributed by atoms with Crippen molar-refractivity contribution in [3.63, 3.8) is 0 Å². The van der Waals surface area contributed by atoms with E-state index in [-0.39, 0.29) is 18.0 Å². The Kier molecular flexibility index (Phi) is 7.96. The number of benzene rings is 2. The largest absolute Gasteiger partial charge is 0.497 e. The minimum absolute atomic E-state index is 0.0131. The van der Waals surface area contributed by atoms with Crippen molar-refractivity contribution < 1.29 is 22.6 Å². The summed E-state index contributed by atoms with van der Waals surface area (Å²) < 4.78 is 52.2. The zero-order valence-corrected chi connectivity index (χ0v) is 18.6. The first-order valence-electron chi connectivity index (χ1n) is 10.7. The Morgan fingerprint density at radius 3 is 2.44 bits per heavy atom. The van der Waals surface area contributed by atoms with Crippen LogP contribution in [0.15, 0.2) is 53.5 Å². The van der Waals surface area contributed by atoms with Gasteiger partial charge in [-0.2, -0.15) is 13.2 Å². The molecule has 1 saturated heterocycles. The van der Waals surface area contributed by atoms with Crippen molar-refractivity contribution in [3.8, 4) is 5.75 Å². The molecule has 32 heavy (non-hydrogen) atoms. The number of hydrogen-bond donors (Lipinski definition) is 1. The summed E-state index contributed by atoms with van der Waals surface area (Å²) in [6.45, 7) is 2.64. The number of nitrogens with zero attached hydrogens (tertiary/aromatic N) is 1. The minimum atomic E-state index is -4.45. The van der Waals surface area contributed by atoms with Crippen LogP contribution in [0.4, 0.5) is 13.2 Å². The summed E-state index contributed by atoms with van der Waals surface area (Å²) in [5.41, 5.74) is 1.47. The SMILES string of the molecule is C/C=C(\N=C(OC)C1CCCN1)c1ccc(CCc2ccc(OC)cc2)c(C(F)(F)F)c1. The molecule has 1 unspecified atom stereocenters. The summed E-state index contributed by atoms with van der Waals surface area (Å²) in [4.78, 5) is 4.54. The Morgan fingerprint density at radius 2 is 1.88 bits per heavy atom. The van der Waals surface area contributed by atoms with Gasteiger partial charge < -0.3 is 14.8 Å². The van der Waals surface area contributed by atoms with Gasteiger partial charge in [-0.05, 0) is 68.5 Å². The van der Waals surface area contributed by atoms with E-state index in [1.54, 1.807) is 32.2 Å². The Balaban J connectivity index is 1.86. The molecule has 1 heterocycles. The Morgan fingerprint density at radius 1 is 1.12 bits per heavy atom. The molecule has 1 aliphatic rings. The lowest BCUT2D eigenvalue weighted by Crippen LogP contribution is -2.32. The van der Waals surface area contributed by atoms with E-state index in [9.17, 15) is 13.2 Å². The van der Waals surface area contributed by atoms with E-state index in [4.69, 9.17) is 9.47 Å². The molecular formula is C25H29F3N2O2. The molecule has 172 valence electrons. The highest BCUT2D eigenvalue weighted by Gasteiger charge is 2.33. The van der Waals surface area contributed by atoms with E-state index in [1.165, 1.54) is 13.2 Å². The summed E-state index contributed by atoms with van der Waals surface area (Å²) in [7, 11) is 3.12. The van der Waals surface area contributed by atoms with E-state index < -0.39 is 11.7 Å². The van der Waals surface area contributed by atoms with Gasteiger partial charge in [0.05, 0.1) is 31.5 Å². The van der Waals surface area contributed by atoms with Gasteiger partial charge in [0, 0.05) is 5.56 Å². The molecule has 3 rings (SSSR count). The fraction of sp³-hybridized carbons (Fsp3) is 0.400. The zero-order chi connectivity index (χ0) is 23.1. The van der Waals surface area contributed by atoms with Gasteiger partial charge in [0.1, 0.15) is 5.75 Å². The molecule has 0 bridgehead atoms. The quantitative estimate of drug-likeness (QED) is 0.441. The molecule has 1 atom stereocenters. The molecule has 7 heteroatoms. The number of hydrogen-bond acceptors (Lipinski definition) is 4. The van der Waals surface area contributed by atoms with E-state index >= 15 is 0 Å². The van der Waals surface area contributed by atoms with Crippen molar-refractivity contribution in [1.82, 2.24) is 5.32 Å². The van der Waals surface area contributed by atoms with Gasteiger partial charge in [-0.25, -0.2) is 4.99 Å². The van der Waals surface area contributed by atoms with Crippen LogP contribution >= 0.6 is 0 Å². The third kappa shape index (κ3) is 5.91. The van der Waals surface area contributed by atoms with Crippen molar-refractivity contribution in [1.29, 1.82) is 0 Å². The summed E-state index contributed by atoms with van der Waals surface area (Å²) in [6.07, 6.45) is -0.0556. The third-order valence-electron chi connectivity index (χ3n) is 5.62. The molecule has 0 aromatic heterocycles. The number of halogens is 3. The first-order valence-corrected chi connectivity index (χ1v) is 10.7. The molecule has 4 nitrogen and oxygen atoms in total. The molecule has 0 radical (unpaired) electrons. The average molecular weight is 447 g/mol. The molecule has 1 N–H and O–H groups in total. The summed E-state index contributed by atoms with van der Waals surface area (Å²) in [5, 5.41) is 3.30. The topological polar surface area (TPSA) is 42.8 Å². The fourth-order valence-electron chi connectivity index (χ4n) is 3.86. The van der Waals surface area contributed by atoms with Crippen LogP contribution in [-0.2, 0) is 23.8 Å². The zero-order valence-electron chi connectivity index (χ0n) is 18.6. The maximum atomic E-state index is 13.9. The van der Waals surface area contributed by atoms with E-state index in [1.807, 2.05) is 24.3 Å². The van der Waals surface area contributed by atoms with Crippen LogP contribution in [-0.4, -0.2) is 32.7 Å². The predicted octanol–water partition coefficient (Wildman–Crippen LogP) is 5.66. The molecular weight excluding hydrogens is 417 g/mol. The summed E-state index contributed by atoms with van der Waals surface area (Å²) in [5.74, 6) is 1.21. The number of methoxy groups -OCH3 is 2. The molecule has 0 amide bonds. The second-order valence-electron chi connectivity index (χ2n) is 7.69.